The summed E-state index contributed by atoms with van der Waals surface area (Å²) >= 11 is 0. The summed E-state index contributed by atoms with van der Waals surface area (Å²) in [5.74, 6) is 0. The number of hydrogen-bond donors (Lipinski definition) is 2. The van der Waals surface area contributed by atoms with Crippen LogP contribution in [-0.4, -0.2) is 23.8 Å². The van der Waals surface area contributed by atoms with E-state index in [0.717, 1.165) is 32.2 Å². The van der Waals surface area contributed by atoms with E-state index in [1.54, 1.807) is 0 Å². The van der Waals surface area contributed by atoms with Crippen LogP contribution < -0.4 is 10.6 Å². The molecule has 2 aliphatic carbocycles. The Bertz CT molecular complexity index is 573. The fourth-order valence-corrected chi connectivity index (χ4v) is 3.56. The molecule has 23 heavy (non-hydrogen) atoms. The van der Waals surface area contributed by atoms with E-state index >= 15 is 0 Å². The van der Waals surface area contributed by atoms with Gasteiger partial charge in [0.25, 0.3) is 0 Å². The van der Waals surface area contributed by atoms with Crippen molar-refractivity contribution in [1.29, 1.82) is 0 Å². The second-order valence-corrected chi connectivity index (χ2v) is 7.93. The number of aryl methyl sites for hydroxylation is 1. The van der Waals surface area contributed by atoms with Gasteiger partial charge in [0.1, 0.15) is 5.60 Å². The van der Waals surface area contributed by atoms with Gasteiger partial charge in [-0.1, -0.05) is 24.3 Å². The van der Waals surface area contributed by atoms with Crippen molar-refractivity contribution in [3.8, 4) is 0 Å². The average molecular weight is 316 g/mol. The Morgan fingerprint density at radius 2 is 2.04 bits per heavy atom. The van der Waals surface area contributed by atoms with Gasteiger partial charge in [-0.15, -0.1) is 0 Å². The van der Waals surface area contributed by atoms with Crippen molar-refractivity contribution in [2.75, 3.05) is 6.54 Å². The molecule has 4 nitrogen and oxygen atoms in total. The van der Waals surface area contributed by atoms with E-state index in [4.69, 9.17) is 4.74 Å². The summed E-state index contributed by atoms with van der Waals surface area (Å²) in [6.07, 6.45) is 5.19. The summed E-state index contributed by atoms with van der Waals surface area (Å²) in [5, 5.41) is 6.79. The monoisotopic (exact) mass is 316 g/mol. The molecule has 4 heteroatoms. The first kappa shape index (κ1) is 16.3. The molecule has 1 atom stereocenters. The number of amides is 1. The molecule has 3 rings (SSSR count). The molecule has 1 aromatic carbocycles. The molecule has 1 fully saturated rings. The predicted molar refractivity (Wildman–Crippen MR) is 91.5 cm³/mol. The van der Waals surface area contributed by atoms with Crippen LogP contribution >= 0.6 is 0 Å². The van der Waals surface area contributed by atoms with Crippen molar-refractivity contribution in [2.24, 2.45) is 0 Å². The first-order valence-corrected chi connectivity index (χ1v) is 8.69. The van der Waals surface area contributed by atoms with E-state index in [-0.39, 0.29) is 11.6 Å². The largest absolute Gasteiger partial charge is 0.444 e. The molecule has 2 N–H and O–H groups in total. The summed E-state index contributed by atoms with van der Waals surface area (Å²) in [4.78, 5) is 12.1. The Labute approximate surface area is 139 Å². The second kappa shape index (κ2) is 6.16. The number of fused-ring (bicyclic) bond motifs is 1. The number of alkyl carbamates (subject to hydrolysis) is 1. The third-order valence-corrected chi connectivity index (χ3v) is 4.90. The standard InChI is InChI=1S/C19H28N2O2/c1-18(2,3)23-17(22)21-19(11-6-12-19)13-20-16-10-9-14-7-4-5-8-15(14)16/h4-5,7-8,16,20H,6,9-13H2,1-3H3,(H,21,22). The van der Waals surface area contributed by atoms with Gasteiger partial charge >= 0.3 is 6.09 Å². The maximum absolute atomic E-state index is 12.1. The van der Waals surface area contributed by atoms with Crippen LogP contribution in [0.1, 0.15) is 63.6 Å². The second-order valence-electron chi connectivity index (χ2n) is 7.93. The lowest BCUT2D eigenvalue weighted by atomic mass is 9.76. The molecular weight excluding hydrogens is 288 g/mol. The third-order valence-electron chi connectivity index (χ3n) is 4.90. The van der Waals surface area contributed by atoms with Gasteiger partial charge in [0, 0.05) is 12.6 Å². The Morgan fingerprint density at radius 1 is 1.30 bits per heavy atom. The number of rotatable bonds is 4. The maximum Gasteiger partial charge on any atom is 0.408 e. The van der Waals surface area contributed by atoms with Crippen LogP contribution in [0, 0.1) is 0 Å². The highest BCUT2D eigenvalue weighted by molar-refractivity contribution is 5.69. The minimum atomic E-state index is -0.452. The van der Waals surface area contributed by atoms with Crippen molar-refractivity contribution in [2.45, 2.75) is 70.1 Å². The van der Waals surface area contributed by atoms with Gasteiger partial charge in [0.15, 0.2) is 0 Å². The van der Waals surface area contributed by atoms with Gasteiger partial charge in [-0.25, -0.2) is 4.79 Å². The summed E-state index contributed by atoms with van der Waals surface area (Å²) in [6, 6.07) is 9.06. The lowest BCUT2D eigenvalue weighted by molar-refractivity contribution is 0.0379. The molecule has 0 radical (unpaired) electrons. The van der Waals surface area contributed by atoms with Crippen molar-refractivity contribution in [3.05, 3.63) is 35.4 Å². The molecule has 2 aliphatic rings. The zero-order chi connectivity index (χ0) is 16.5. The number of ether oxygens (including phenoxy) is 1. The molecule has 0 aromatic heterocycles. The Kier molecular flexibility index (Phi) is 4.37. The van der Waals surface area contributed by atoms with Crippen molar-refractivity contribution >= 4 is 6.09 Å². The fourth-order valence-electron chi connectivity index (χ4n) is 3.56. The maximum atomic E-state index is 12.1. The number of carbonyl (C=O) groups is 1. The van der Waals surface area contributed by atoms with E-state index in [0.29, 0.717) is 6.04 Å². The van der Waals surface area contributed by atoms with E-state index in [1.165, 1.54) is 17.5 Å². The van der Waals surface area contributed by atoms with Crippen molar-refractivity contribution in [3.63, 3.8) is 0 Å². The molecule has 0 aliphatic heterocycles. The summed E-state index contributed by atoms with van der Waals surface area (Å²) in [7, 11) is 0. The Hall–Kier alpha value is -1.55. The van der Waals surface area contributed by atoms with Crippen LogP contribution in [0.3, 0.4) is 0 Å². The SMILES string of the molecule is CC(C)(C)OC(=O)NC1(CNC2CCc3ccccc32)CCC1. The molecule has 0 spiro atoms. The van der Waals surface area contributed by atoms with Crippen LogP contribution in [0.2, 0.25) is 0 Å². The molecule has 1 saturated carbocycles. The summed E-state index contributed by atoms with van der Waals surface area (Å²) in [5.41, 5.74) is 2.28. The molecule has 0 heterocycles. The van der Waals surface area contributed by atoms with E-state index in [9.17, 15) is 4.79 Å². The van der Waals surface area contributed by atoms with Crippen LogP contribution in [0.4, 0.5) is 4.79 Å². The first-order chi connectivity index (χ1) is 10.9. The molecule has 0 saturated heterocycles. The normalized spacial score (nSPS) is 22.1. The van der Waals surface area contributed by atoms with Crippen molar-refractivity contribution in [1.82, 2.24) is 10.6 Å². The Morgan fingerprint density at radius 3 is 2.70 bits per heavy atom. The van der Waals surface area contributed by atoms with Crippen LogP contribution in [0.15, 0.2) is 24.3 Å². The number of nitrogens with one attached hydrogen (secondary N) is 2. The molecule has 126 valence electrons. The zero-order valence-corrected chi connectivity index (χ0v) is 14.4. The number of benzene rings is 1. The minimum absolute atomic E-state index is 0.139. The van der Waals surface area contributed by atoms with E-state index < -0.39 is 5.60 Å². The van der Waals surface area contributed by atoms with Crippen LogP contribution in [0.5, 0.6) is 0 Å². The predicted octanol–water partition coefficient (Wildman–Crippen LogP) is 3.71. The molecule has 0 bridgehead atoms. The fraction of sp³-hybridized carbons (Fsp3) is 0.632. The third kappa shape index (κ3) is 3.86. The van der Waals surface area contributed by atoms with Gasteiger partial charge in [0.05, 0.1) is 5.54 Å². The molecular formula is C19H28N2O2. The minimum Gasteiger partial charge on any atom is -0.444 e. The van der Waals surface area contributed by atoms with Crippen molar-refractivity contribution < 1.29 is 9.53 Å². The van der Waals surface area contributed by atoms with Gasteiger partial charge in [-0.2, -0.15) is 0 Å². The lowest BCUT2D eigenvalue weighted by Gasteiger charge is -2.43. The van der Waals surface area contributed by atoms with Crippen LogP contribution in [-0.2, 0) is 11.2 Å². The quantitative estimate of drug-likeness (QED) is 0.890. The number of carbonyl (C=O) groups excluding carboxylic acids is 1. The summed E-state index contributed by atoms with van der Waals surface area (Å²) in [6.45, 7) is 6.50. The van der Waals surface area contributed by atoms with E-state index in [1.807, 2.05) is 20.8 Å². The molecule has 1 amide bonds. The smallest absolute Gasteiger partial charge is 0.408 e. The highest BCUT2D eigenvalue weighted by Gasteiger charge is 2.40. The van der Waals surface area contributed by atoms with Crippen LogP contribution in [0.25, 0.3) is 0 Å². The number of hydrogen-bond acceptors (Lipinski definition) is 3. The van der Waals surface area contributed by atoms with Gasteiger partial charge in [-0.05, 0) is 64.0 Å². The lowest BCUT2D eigenvalue weighted by Crippen LogP contribution is -2.60. The van der Waals surface area contributed by atoms with Gasteiger partial charge in [-0.3, -0.25) is 0 Å². The topological polar surface area (TPSA) is 50.4 Å². The zero-order valence-electron chi connectivity index (χ0n) is 14.4. The molecule has 1 aromatic rings. The highest BCUT2D eigenvalue weighted by Crippen LogP contribution is 2.35. The van der Waals surface area contributed by atoms with Gasteiger partial charge in [0.2, 0.25) is 0 Å². The van der Waals surface area contributed by atoms with E-state index in [2.05, 4.69) is 34.9 Å². The average Bonchev–Trinajstić information content (AvgIpc) is 2.83. The Balaban J connectivity index is 1.57. The summed E-state index contributed by atoms with van der Waals surface area (Å²) < 4.78 is 5.42. The van der Waals surface area contributed by atoms with Gasteiger partial charge < -0.3 is 15.4 Å². The first-order valence-electron chi connectivity index (χ1n) is 8.69. The highest BCUT2D eigenvalue weighted by atomic mass is 16.6. The molecule has 1 unspecified atom stereocenters.